The lowest BCUT2D eigenvalue weighted by atomic mass is 10.5. The Morgan fingerprint density at radius 1 is 1.53 bits per heavy atom. The summed E-state index contributed by atoms with van der Waals surface area (Å²) >= 11 is 0. The van der Waals surface area contributed by atoms with E-state index < -0.39 is 5.97 Å². The fourth-order valence-corrected chi connectivity index (χ4v) is 1.45. The fraction of sp³-hybridized carbons (Fsp3) is 0.500. The standard InChI is InChI=1S/C10H14N4O3/c1-16-10(15)9-11-3-2-8(12-9)13-14-4-6-17-7-5-14/h2-3H,4-7H2,1H3,(H,11,12,13). The maximum absolute atomic E-state index is 11.2. The molecule has 0 saturated carbocycles. The van der Waals surface area contributed by atoms with Gasteiger partial charge in [0.1, 0.15) is 5.82 Å². The summed E-state index contributed by atoms with van der Waals surface area (Å²) in [5.74, 6) is 0.0729. The van der Waals surface area contributed by atoms with Crippen LogP contribution in [-0.2, 0) is 9.47 Å². The third-order valence-electron chi connectivity index (χ3n) is 2.31. The monoisotopic (exact) mass is 238 g/mol. The first-order chi connectivity index (χ1) is 8.29. The molecule has 1 aromatic rings. The van der Waals surface area contributed by atoms with Crippen molar-refractivity contribution in [2.75, 3.05) is 38.8 Å². The molecule has 2 rings (SSSR count). The van der Waals surface area contributed by atoms with Gasteiger partial charge >= 0.3 is 5.97 Å². The van der Waals surface area contributed by atoms with Gasteiger partial charge in [0.2, 0.25) is 5.82 Å². The van der Waals surface area contributed by atoms with Crippen LogP contribution in [0, 0.1) is 0 Å². The van der Waals surface area contributed by atoms with Crippen molar-refractivity contribution in [2.45, 2.75) is 0 Å². The molecule has 7 heteroatoms. The van der Waals surface area contributed by atoms with Crippen LogP contribution in [0.15, 0.2) is 12.3 Å². The van der Waals surface area contributed by atoms with Gasteiger partial charge in [0.25, 0.3) is 0 Å². The van der Waals surface area contributed by atoms with Crippen LogP contribution in [0.2, 0.25) is 0 Å². The number of hydrogen-bond acceptors (Lipinski definition) is 7. The Morgan fingerprint density at radius 3 is 3.00 bits per heavy atom. The summed E-state index contributed by atoms with van der Waals surface area (Å²) in [5, 5.41) is 1.98. The fourth-order valence-electron chi connectivity index (χ4n) is 1.45. The first-order valence-corrected chi connectivity index (χ1v) is 5.30. The highest BCUT2D eigenvalue weighted by molar-refractivity contribution is 5.85. The van der Waals surface area contributed by atoms with E-state index in [0.717, 1.165) is 13.1 Å². The summed E-state index contributed by atoms with van der Waals surface area (Å²) < 4.78 is 9.78. The van der Waals surface area contributed by atoms with Crippen LogP contribution in [0.1, 0.15) is 10.6 Å². The van der Waals surface area contributed by atoms with E-state index in [1.807, 2.05) is 5.01 Å². The van der Waals surface area contributed by atoms with E-state index in [-0.39, 0.29) is 5.82 Å². The van der Waals surface area contributed by atoms with Crippen LogP contribution >= 0.6 is 0 Å². The number of esters is 1. The predicted octanol–water partition coefficient (Wildman–Crippen LogP) is -0.0777. The van der Waals surface area contributed by atoms with Crippen LogP contribution in [0.5, 0.6) is 0 Å². The van der Waals surface area contributed by atoms with Crippen molar-refractivity contribution in [3.8, 4) is 0 Å². The summed E-state index contributed by atoms with van der Waals surface area (Å²) in [4.78, 5) is 19.1. The number of anilines is 1. The molecule has 92 valence electrons. The van der Waals surface area contributed by atoms with Crippen molar-refractivity contribution in [1.29, 1.82) is 0 Å². The number of hydrogen-bond donors (Lipinski definition) is 1. The largest absolute Gasteiger partial charge is 0.463 e. The van der Waals surface area contributed by atoms with Gasteiger partial charge in [-0.25, -0.2) is 19.8 Å². The van der Waals surface area contributed by atoms with Crippen LogP contribution in [0.3, 0.4) is 0 Å². The lowest BCUT2D eigenvalue weighted by Crippen LogP contribution is -2.40. The molecule has 0 aliphatic carbocycles. The molecule has 1 aliphatic heterocycles. The van der Waals surface area contributed by atoms with Gasteiger partial charge in [-0.3, -0.25) is 0 Å². The van der Waals surface area contributed by atoms with Crippen molar-refractivity contribution in [3.63, 3.8) is 0 Å². The molecular weight excluding hydrogens is 224 g/mol. The molecule has 0 aromatic carbocycles. The van der Waals surface area contributed by atoms with Gasteiger partial charge < -0.3 is 14.9 Å². The summed E-state index contributed by atoms with van der Waals surface area (Å²) in [6.45, 7) is 2.92. The Labute approximate surface area is 98.7 Å². The molecule has 0 spiro atoms. The topological polar surface area (TPSA) is 76.6 Å². The number of ether oxygens (including phenoxy) is 2. The van der Waals surface area contributed by atoms with E-state index >= 15 is 0 Å². The van der Waals surface area contributed by atoms with E-state index in [9.17, 15) is 4.79 Å². The Bertz CT molecular complexity index is 393. The first kappa shape index (κ1) is 11.7. The highest BCUT2D eigenvalue weighted by atomic mass is 16.5. The maximum Gasteiger partial charge on any atom is 0.376 e. The Kier molecular flexibility index (Phi) is 3.84. The van der Waals surface area contributed by atoms with Crippen molar-refractivity contribution in [1.82, 2.24) is 15.0 Å². The molecule has 1 N–H and O–H groups in total. The second kappa shape index (κ2) is 5.55. The third-order valence-corrected chi connectivity index (χ3v) is 2.31. The SMILES string of the molecule is COC(=O)c1nccc(NN2CCOCC2)n1. The predicted molar refractivity (Wildman–Crippen MR) is 59.4 cm³/mol. The highest BCUT2D eigenvalue weighted by Crippen LogP contribution is 2.06. The normalized spacial score (nSPS) is 16.5. The molecule has 1 aliphatic rings. The molecule has 0 radical (unpaired) electrons. The van der Waals surface area contributed by atoms with Crippen LogP contribution < -0.4 is 5.43 Å². The number of hydrazine groups is 1. The second-order valence-corrected chi connectivity index (χ2v) is 3.47. The van der Waals surface area contributed by atoms with E-state index in [1.54, 1.807) is 6.07 Å². The average molecular weight is 238 g/mol. The van der Waals surface area contributed by atoms with E-state index in [1.165, 1.54) is 13.3 Å². The van der Waals surface area contributed by atoms with E-state index in [4.69, 9.17) is 4.74 Å². The van der Waals surface area contributed by atoms with Gasteiger partial charge in [0, 0.05) is 25.4 Å². The molecule has 0 unspecified atom stereocenters. The number of aromatic nitrogens is 2. The van der Waals surface area contributed by atoms with Gasteiger partial charge in [0.15, 0.2) is 0 Å². The molecule has 7 nitrogen and oxygen atoms in total. The van der Waals surface area contributed by atoms with E-state index in [2.05, 4.69) is 20.1 Å². The number of nitrogens with one attached hydrogen (secondary N) is 1. The minimum absolute atomic E-state index is 0.0470. The molecule has 0 atom stereocenters. The lowest BCUT2D eigenvalue weighted by Gasteiger charge is -2.27. The van der Waals surface area contributed by atoms with Crippen LogP contribution in [-0.4, -0.2) is 54.4 Å². The maximum atomic E-state index is 11.2. The molecule has 1 aromatic heterocycles. The van der Waals surface area contributed by atoms with Crippen molar-refractivity contribution < 1.29 is 14.3 Å². The molecule has 0 bridgehead atoms. The van der Waals surface area contributed by atoms with Gasteiger partial charge in [-0.2, -0.15) is 0 Å². The Balaban J connectivity index is 2.02. The first-order valence-electron chi connectivity index (χ1n) is 5.30. The van der Waals surface area contributed by atoms with Gasteiger partial charge in [-0.05, 0) is 0 Å². The Hall–Kier alpha value is -1.73. The van der Waals surface area contributed by atoms with Gasteiger partial charge in [-0.15, -0.1) is 0 Å². The number of carbonyl (C=O) groups is 1. The van der Waals surface area contributed by atoms with Crippen molar-refractivity contribution in [2.24, 2.45) is 0 Å². The molecule has 0 amide bonds. The zero-order valence-electron chi connectivity index (χ0n) is 9.55. The minimum atomic E-state index is -0.546. The Morgan fingerprint density at radius 2 is 2.29 bits per heavy atom. The number of morpholine rings is 1. The number of methoxy groups -OCH3 is 1. The number of rotatable bonds is 3. The second-order valence-electron chi connectivity index (χ2n) is 3.47. The summed E-state index contributed by atoms with van der Waals surface area (Å²) in [5.41, 5.74) is 3.09. The number of nitrogens with zero attached hydrogens (tertiary/aromatic N) is 3. The minimum Gasteiger partial charge on any atom is -0.463 e. The summed E-state index contributed by atoms with van der Waals surface area (Å²) in [7, 11) is 1.30. The van der Waals surface area contributed by atoms with Crippen LogP contribution in [0.4, 0.5) is 5.82 Å². The molecular formula is C10H14N4O3. The van der Waals surface area contributed by atoms with Crippen molar-refractivity contribution >= 4 is 11.8 Å². The number of carbonyl (C=O) groups excluding carboxylic acids is 1. The highest BCUT2D eigenvalue weighted by Gasteiger charge is 2.13. The molecule has 1 saturated heterocycles. The third kappa shape index (κ3) is 3.11. The average Bonchev–Trinajstić information content (AvgIpc) is 2.39. The summed E-state index contributed by atoms with van der Waals surface area (Å²) in [6.07, 6.45) is 1.52. The van der Waals surface area contributed by atoms with E-state index in [0.29, 0.717) is 19.0 Å². The zero-order valence-corrected chi connectivity index (χ0v) is 9.55. The van der Waals surface area contributed by atoms with Gasteiger partial charge in [-0.1, -0.05) is 0 Å². The molecule has 17 heavy (non-hydrogen) atoms. The van der Waals surface area contributed by atoms with Crippen LogP contribution in [0.25, 0.3) is 0 Å². The smallest absolute Gasteiger partial charge is 0.376 e. The zero-order chi connectivity index (χ0) is 12.1. The summed E-state index contributed by atoms with van der Waals surface area (Å²) in [6, 6.07) is 1.70. The quantitative estimate of drug-likeness (QED) is 0.738. The lowest BCUT2D eigenvalue weighted by molar-refractivity contribution is 0.0493. The van der Waals surface area contributed by atoms with Crippen molar-refractivity contribution in [3.05, 3.63) is 18.1 Å². The van der Waals surface area contributed by atoms with Gasteiger partial charge in [0.05, 0.1) is 20.3 Å². The molecule has 2 heterocycles. The molecule has 1 fully saturated rings.